The maximum Gasteiger partial charge on any atom is 0.101 e. The number of nitriles is 1. The molecule has 0 atom stereocenters. The average Bonchev–Trinajstić information content (AvgIpc) is 2.94. The van der Waals surface area contributed by atoms with Crippen LogP contribution in [0.5, 0.6) is 0 Å². The summed E-state index contributed by atoms with van der Waals surface area (Å²) in [5.41, 5.74) is 3.77. The highest BCUT2D eigenvalue weighted by Crippen LogP contribution is 2.36. The first-order chi connectivity index (χ1) is 9.81. The third-order valence-corrected chi connectivity index (χ3v) is 5.45. The van der Waals surface area contributed by atoms with Crippen LogP contribution in [-0.2, 0) is 12.8 Å². The van der Waals surface area contributed by atoms with Crippen molar-refractivity contribution < 1.29 is 0 Å². The molecule has 3 rings (SSSR count). The van der Waals surface area contributed by atoms with Gasteiger partial charge in [0.1, 0.15) is 6.07 Å². The van der Waals surface area contributed by atoms with E-state index in [1.807, 2.05) is 24.5 Å². The molecule has 0 spiro atoms. The molecule has 1 aliphatic carbocycles. The highest BCUT2D eigenvalue weighted by atomic mass is 32.2. The molecular formula is C17H15NS2. The second kappa shape index (κ2) is 5.95. The summed E-state index contributed by atoms with van der Waals surface area (Å²) >= 11 is 3.33. The summed E-state index contributed by atoms with van der Waals surface area (Å²) < 4.78 is 0. The van der Waals surface area contributed by atoms with Crippen molar-refractivity contribution in [1.29, 1.82) is 5.26 Å². The SMILES string of the molecule is CSc1cccc(Sc2ccc3c(c2)CCC3)c1C#N. The van der Waals surface area contributed by atoms with Gasteiger partial charge in [-0.2, -0.15) is 5.26 Å². The van der Waals surface area contributed by atoms with Gasteiger partial charge in [-0.1, -0.05) is 23.9 Å². The fourth-order valence-corrected chi connectivity index (χ4v) is 4.25. The zero-order valence-corrected chi connectivity index (χ0v) is 13.0. The Kier molecular flexibility index (Phi) is 4.05. The molecule has 0 aromatic heterocycles. The molecule has 100 valence electrons. The minimum absolute atomic E-state index is 0.797. The summed E-state index contributed by atoms with van der Waals surface area (Å²) in [4.78, 5) is 3.34. The largest absolute Gasteiger partial charge is 0.192 e. The van der Waals surface area contributed by atoms with E-state index in [4.69, 9.17) is 0 Å². The molecule has 3 heteroatoms. The Morgan fingerprint density at radius 1 is 1.05 bits per heavy atom. The standard InChI is InChI=1S/C17H15NS2/c1-19-16-6-3-7-17(15(16)11-18)20-14-9-8-12-4-2-5-13(12)10-14/h3,6-10H,2,4-5H2,1H3. The van der Waals surface area contributed by atoms with Gasteiger partial charge in [-0.15, -0.1) is 11.8 Å². The molecule has 0 amide bonds. The Balaban J connectivity index is 1.94. The van der Waals surface area contributed by atoms with Crippen molar-refractivity contribution in [1.82, 2.24) is 0 Å². The molecule has 0 bridgehead atoms. The molecular weight excluding hydrogens is 282 g/mol. The Hall–Kier alpha value is -1.37. The fraction of sp³-hybridized carbons (Fsp3) is 0.235. The lowest BCUT2D eigenvalue weighted by Gasteiger charge is -2.08. The van der Waals surface area contributed by atoms with Crippen LogP contribution in [0.2, 0.25) is 0 Å². The normalized spacial score (nSPS) is 13.0. The van der Waals surface area contributed by atoms with Crippen molar-refractivity contribution in [3.05, 3.63) is 53.1 Å². The van der Waals surface area contributed by atoms with Crippen molar-refractivity contribution in [2.24, 2.45) is 0 Å². The van der Waals surface area contributed by atoms with Gasteiger partial charge in [0.05, 0.1) is 5.56 Å². The molecule has 0 heterocycles. The second-order valence-corrected chi connectivity index (χ2v) is 6.79. The molecule has 0 fully saturated rings. The molecule has 1 nitrogen and oxygen atoms in total. The molecule has 2 aromatic rings. The van der Waals surface area contributed by atoms with E-state index in [1.54, 1.807) is 23.5 Å². The number of benzene rings is 2. The summed E-state index contributed by atoms with van der Waals surface area (Å²) in [5.74, 6) is 0. The smallest absolute Gasteiger partial charge is 0.101 e. The summed E-state index contributed by atoms with van der Waals surface area (Å²) in [5, 5.41) is 9.39. The van der Waals surface area contributed by atoms with E-state index in [0.29, 0.717) is 0 Å². The first kappa shape index (κ1) is 13.6. The zero-order chi connectivity index (χ0) is 13.9. The van der Waals surface area contributed by atoms with Crippen molar-refractivity contribution in [2.75, 3.05) is 6.26 Å². The van der Waals surface area contributed by atoms with Crippen LogP contribution >= 0.6 is 23.5 Å². The van der Waals surface area contributed by atoms with Gasteiger partial charge in [-0.25, -0.2) is 0 Å². The average molecular weight is 297 g/mol. The minimum Gasteiger partial charge on any atom is -0.192 e. The van der Waals surface area contributed by atoms with E-state index in [1.165, 1.54) is 35.3 Å². The third kappa shape index (κ3) is 2.59. The van der Waals surface area contributed by atoms with Gasteiger partial charge < -0.3 is 0 Å². The number of nitrogens with zero attached hydrogens (tertiary/aromatic N) is 1. The summed E-state index contributed by atoms with van der Waals surface area (Å²) in [6, 6.07) is 15.1. The molecule has 0 aliphatic heterocycles. The van der Waals surface area contributed by atoms with Crippen LogP contribution in [0.1, 0.15) is 23.1 Å². The van der Waals surface area contributed by atoms with Crippen molar-refractivity contribution in [3.63, 3.8) is 0 Å². The number of aryl methyl sites for hydroxylation is 2. The lowest BCUT2D eigenvalue weighted by molar-refractivity contribution is 0.911. The Morgan fingerprint density at radius 2 is 1.85 bits per heavy atom. The Bertz CT molecular complexity index is 686. The Morgan fingerprint density at radius 3 is 2.65 bits per heavy atom. The maximum absolute atomic E-state index is 9.39. The quantitative estimate of drug-likeness (QED) is 0.751. The van der Waals surface area contributed by atoms with Crippen LogP contribution < -0.4 is 0 Å². The number of hydrogen-bond donors (Lipinski definition) is 0. The van der Waals surface area contributed by atoms with Crippen LogP contribution in [0.4, 0.5) is 0 Å². The molecule has 20 heavy (non-hydrogen) atoms. The van der Waals surface area contributed by atoms with E-state index in [2.05, 4.69) is 24.3 Å². The summed E-state index contributed by atoms with van der Waals surface area (Å²) in [6.07, 6.45) is 5.69. The third-order valence-electron chi connectivity index (χ3n) is 3.62. The molecule has 0 N–H and O–H groups in total. The van der Waals surface area contributed by atoms with Crippen LogP contribution in [0, 0.1) is 11.3 Å². The van der Waals surface area contributed by atoms with Crippen molar-refractivity contribution >= 4 is 23.5 Å². The molecule has 0 radical (unpaired) electrons. The van der Waals surface area contributed by atoms with Gasteiger partial charge in [0.15, 0.2) is 0 Å². The van der Waals surface area contributed by atoms with E-state index in [0.717, 1.165) is 15.4 Å². The zero-order valence-electron chi connectivity index (χ0n) is 11.3. The number of thioether (sulfide) groups is 1. The van der Waals surface area contributed by atoms with E-state index in [9.17, 15) is 5.26 Å². The van der Waals surface area contributed by atoms with Crippen LogP contribution in [-0.4, -0.2) is 6.26 Å². The highest BCUT2D eigenvalue weighted by Gasteiger charge is 2.13. The molecule has 0 unspecified atom stereocenters. The van der Waals surface area contributed by atoms with Gasteiger partial charge in [0, 0.05) is 14.7 Å². The predicted octanol–water partition coefficient (Wildman–Crippen LogP) is 4.92. The van der Waals surface area contributed by atoms with Gasteiger partial charge in [0.25, 0.3) is 0 Å². The lowest BCUT2D eigenvalue weighted by Crippen LogP contribution is -1.87. The Labute approximate surface area is 128 Å². The first-order valence-electron chi connectivity index (χ1n) is 6.68. The summed E-state index contributed by atoms with van der Waals surface area (Å²) in [6.45, 7) is 0. The van der Waals surface area contributed by atoms with E-state index < -0.39 is 0 Å². The monoisotopic (exact) mass is 297 g/mol. The summed E-state index contributed by atoms with van der Waals surface area (Å²) in [7, 11) is 0. The van der Waals surface area contributed by atoms with E-state index >= 15 is 0 Å². The number of rotatable bonds is 3. The van der Waals surface area contributed by atoms with Gasteiger partial charge >= 0.3 is 0 Å². The molecule has 0 saturated heterocycles. The molecule has 1 aliphatic rings. The minimum atomic E-state index is 0.797. The maximum atomic E-state index is 9.39. The number of fused-ring (bicyclic) bond motifs is 1. The van der Waals surface area contributed by atoms with Crippen LogP contribution in [0.3, 0.4) is 0 Å². The van der Waals surface area contributed by atoms with Gasteiger partial charge in [-0.3, -0.25) is 0 Å². The fourth-order valence-electron chi connectivity index (χ4n) is 2.61. The van der Waals surface area contributed by atoms with Crippen molar-refractivity contribution in [3.8, 4) is 6.07 Å². The van der Waals surface area contributed by atoms with E-state index in [-0.39, 0.29) is 0 Å². The predicted molar refractivity (Wildman–Crippen MR) is 85.5 cm³/mol. The topological polar surface area (TPSA) is 23.8 Å². The lowest BCUT2D eigenvalue weighted by atomic mass is 10.1. The van der Waals surface area contributed by atoms with Gasteiger partial charge in [0.2, 0.25) is 0 Å². The van der Waals surface area contributed by atoms with Gasteiger partial charge in [-0.05, 0) is 60.9 Å². The van der Waals surface area contributed by atoms with Crippen LogP contribution in [0.25, 0.3) is 0 Å². The molecule has 0 saturated carbocycles. The molecule has 2 aromatic carbocycles. The second-order valence-electron chi connectivity index (χ2n) is 4.83. The van der Waals surface area contributed by atoms with Crippen molar-refractivity contribution in [2.45, 2.75) is 33.9 Å². The number of hydrogen-bond acceptors (Lipinski definition) is 3. The first-order valence-corrected chi connectivity index (χ1v) is 8.72. The van der Waals surface area contributed by atoms with Crippen LogP contribution in [0.15, 0.2) is 51.1 Å². The highest BCUT2D eigenvalue weighted by molar-refractivity contribution is 8.00.